The monoisotopic (exact) mass is 351 g/mol. The van der Waals surface area contributed by atoms with Crippen LogP contribution in [0.2, 0.25) is 0 Å². The molecular weight excluding hydrogens is 322 g/mol. The zero-order chi connectivity index (χ0) is 18.7. The van der Waals surface area contributed by atoms with E-state index < -0.39 is 23.4 Å². The van der Waals surface area contributed by atoms with Crippen LogP contribution in [0.5, 0.6) is 0 Å². The van der Waals surface area contributed by atoms with E-state index >= 15 is 0 Å². The summed E-state index contributed by atoms with van der Waals surface area (Å²) in [7, 11) is 0. The second kappa shape index (κ2) is 10.7. The molecule has 0 spiro atoms. The van der Waals surface area contributed by atoms with Crippen molar-refractivity contribution < 1.29 is 23.9 Å². The SMILES string of the molecule is CCOC(=O)C(CC=C=CC1CCCCC1)(NC(C)=O)C(=O)OCC. The smallest absolute Gasteiger partial charge is 0.344 e. The molecule has 1 amide bonds. The van der Waals surface area contributed by atoms with Crippen molar-refractivity contribution in [1.29, 1.82) is 0 Å². The molecule has 1 aliphatic rings. The Morgan fingerprint density at radius 1 is 1.08 bits per heavy atom. The molecule has 0 aromatic carbocycles. The highest BCUT2D eigenvalue weighted by Gasteiger charge is 2.49. The van der Waals surface area contributed by atoms with Crippen molar-refractivity contribution in [3.05, 3.63) is 17.9 Å². The highest BCUT2D eigenvalue weighted by Crippen LogP contribution is 2.24. The molecule has 0 radical (unpaired) electrons. The van der Waals surface area contributed by atoms with Crippen molar-refractivity contribution >= 4 is 17.8 Å². The van der Waals surface area contributed by atoms with E-state index in [0.29, 0.717) is 5.92 Å². The van der Waals surface area contributed by atoms with Crippen molar-refractivity contribution in [3.8, 4) is 0 Å². The minimum atomic E-state index is -1.87. The van der Waals surface area contributed by atoms with Crippen LogP contribution in [0.3, 0.4) is 0 Å². The summed E-state index contributed by atoms with van der Waals surface area (Å²) in [6.45, 7) is 4.72. The van der Waals surface area contributed by atoms with Gasteiger partial charge in [0.05, 0.1) is 13.2 Å². The Balaban J connectivity index is 3.00. The van der Waals surface area contributed by atoms with E-state index in [-0.39, 0.29) is 19.6 Å². The molecule has 0 saturated heterocycles. The number of hydrogen-bond donors (Lipinski definition) is 1. The second-order valence-electron chi connectivity index (χ2n) is 6.17. The molecule has 1 fully saturated rings. The van der Waals surface area contributed by atoms with E-state index in [1.54, 1.807) is 19.9 Å². The predicted molar refractivity (Wildman–Crippen MR) is 93.7 cm³/mol. The first-order valence-corrected chi connectivity index (χ1v) is 9.00. The summed E-state index contributed by atoms with van der Waals surface area (Å²) in [6.07, 6.45) is 9.47. The van der Waals surface area contributed by atoms with E-state index in [9.17, 15) is 14.4 Å². The fraction of sp³-hybridized carbons (Fsp3) is 0.684. The molecule has 0 atom stereocenters. The third-order valence-corrected chi connectivity index (χ3v) is 4.15. The summed E-state index contributed by atoms with van der Waals surface area (Å²) in [4.78, 5) is 36.4. The van der Waals surface area contributed by atoms with Crippen LogP contribution in [0.15, 0.2) is 17.9 Å². The molecule has 6 heteroatoms. The number of ether oxygens (including phenoxy) is 2. The van der Waals surface area contributed by atoms with E-state index in [1.165, 1.54) is 26.2 Å². The lowest BCUT2D eigenvalue weighted by molar-refractivity contribution is -0.167. The third kappa shape index (κ3) is 6.39. The molecule has 6 nitrogen and oxygen atoms in total. The molecule has 140 valence electrons. The topological polar surface area (TPSA) is 81.7 Å². The zero-order valence-corrected chi connectivity index (χ0v) is 15.4. The molecule has 0 unspecified atom stereocenters. The van der Waals surface area contributed by atoms with Crippen LogP contribution in [0.4, 0.5) is 0 Å². The first kappa shape index (κ1) is 21.0. The molecule has 25 heavy (non-hydrogen) atoms. The highest BCUT2D eigenvalue weighted by molar-refractivity contribution is 6.07. The van der Waals surface area contributed by atoms with Crippen molar-refractivity contribution in [2.75, 3.05) is 13.2 Å². The van der Waals surface area contributed by atoms with Gasteiger partial charge in [0.2, 0.25) is 11.4 Å². The van der Waals surface area contributed by atoms with Gasteiger partial charge >= 0.3 is 11.9 Å². The fourth-order valence-electron chi connectivity index (χ4n) is 2.93. The van der Waals surface area contributed by atoms with E-state index in [0.717, 1.165) is 12.8 Å². The molecule has 1 rings (SSSR count). The van der Waals surface area contributed by atoms with Crippen LogP contribution >= 0.6 is 0 Å². The van der Waals surface area contributed by atoms with Crippen LogP contribution in [0.25, 0.3) is 0 Å². The average Bonchev–Trinajstić information content (AvgIpc) is 2.58. The molecular formula is C19H29NO5. The van der Waals surface area contributed by atoms with Crippen LogP contribution in [-0.2, 0) is 23.9 Å². The van der Waals surface area contributed by atoms with Crippen LogP contribution < -0.4 is 5.32 Å². The van der Waals surface area contributed by atoms with Gasteiger partial charge in [-0.25, -0.2) is 9.59 Å². The van der Waals surface area contributed by atoms with Gasteiger partial charge in [-0.2, -0.15) is 0 Å². The van der Waals surface area contributed by atoms with E-state index in [1.807, 2.05) is 6.08 Å². The Morgan fingerprint density at radius 2 is 1.64 bits per heavy atom. The minimum Gasteiger partial charge on any atom is -0.464 e. The summed E-state index contributed by atoms with van der Waals surface area (Å²) in [5, 5.41) is 2.43. The van der Waals surface area contributed by atoms with Gasteiger partial charge in [-0.3, -0.25) is 4.79 Å². The summed E-state index contributed by atoms with van der Waals surface area (Å²) < 4.78 is 10.0. The average molecular weight is 351 g/mol. The van der Waals surface area contributed by atoms with Crippen molar-refractivity contribution in [2.24, 2.45) is 5.92 Å². The maximum atomic E-state index is 12.4. The molecule has 0 aromatic rings. The van der Waals surface area contributed by atoms with Crippen molar-refractivity contribution in [2.45, 2.75) is 64.8 Å². The molecule has 0 bridgehead atoms. The quantitative estimate of drug-likeness (QED) is 0.413. The summed E-state index contributed by atoms with van der Waals surface area (Å²) in [5.41, 5.74) is 1.19. The first-order chi connectivity index (χ1) is 12.0. The van der Waals surface area contributed by atoms with Crippen LogP contribution in [-0.4, -0.2) is 36.6 Å². The van der Waals surface area contributed by atoms with Gasteiger partial charge in [-0.1, -0.05) is 19.3 Å². The van der Waals surface area contributed by atoms with Gasteiger partial charge in [0.25, 0.3) is 0 Å². The fourth-order valence-corrected chi connectivity index (χ4v) is 2.93. The van der Waals surface area contributed by atoms with Crippen molar-refractivity contribution in [3.63, 3.8) is 0 Å². The third-order valence-electron chi connectivity index (χ3n) is 4.15. The summed E-state index contributed by atoms with van der Waals surface area (Å²) in [5.74, 6) is -1.67. The number of esters is 2. The first-order valence-electron chi connectivity index (χ1n) is 9.00. The molecule has 0 aromatic heterocycles. The van der Waals surface area contributed by atoms with Gasteiger partial charge in [-0.15, -0.1) is 5.73 Å². The minimum absolute atomic E-state index is 0.0620. The highest BCUT2D eigenvalue weighted by atomic mass is 16.6. The van der Waals surface area contributed by atoms with Gasteiger partial charge in [0.1, 0.15) is 0 Å². The number of carbonyl (C=O) groups is 3. The molecule has 1 N–H and O–H groups in total. The molecule has 1 aliphatic carbocycles. The van der Waals surface area contributed by atoms with Gasteiger partial charge < -0.3 is 14.8 Å². The largest absolute Gasteiger partial charge is 0.464 e. The van der Waals surface area contributed by atoms with Gasteiger partial charge in [-0.05, 0) is 44.8 Å². The van der Waals surface area contributed by atoms with Crippen LogP contribution in [0.1, 0.15) is 59.3 Å². The Kier molecular flexibility index (Phi) is 9.00. The molecule has 1 saturated carbocycles. The number of nitrogens with one attached hydrogen (secondary N) is 1. The summed E-state index contributed by atoms with van der Waals surface area (Å²) in [6, 6.07) is 0. The van der Waals surface area contributed by atoms with Gasteiger partial charge in [0, 0.05) is 13.3 Å². The number of carbonyl (C=O) groups excluding carboxylic acids is 3. The maximum absolute atomic E-state index is 12.4. The number of amides is 1. The Morgan fingerprint density at radius 3 is 2.12 bits per heavy atom. The standard InChI is InChI=1S/C19H29NO5/c1-4-24-17(22)19(20-15(3)21,18(23)25-5-2)14-10-9-13-16-11-7-6-8-12-16/h10,13,16H,4-8,11-12,14H2,1-3H3,(H,20,21). The lowest BCUT2D eigenvalue weighted by Crippen LogP contribution is -2.60. The maximum Gasteiger partial charge on any atom is 0.344 e. The van der Waals surface area contributed by atoms with E-state index in [2.05, 4.69) is 11.0 Å². The lowest BCUT2D eigenvalue weighted by Gasteiger charge is -2.28. The Labute approximate surface area is 149 Å². The van der Waals surface area contributed by atoms with Crippen LogP contribution in [0, 0.1) is 5.92 Å². The van der Waals surface area contributed by atoms with Gasteiger partial charge in [0.15, 0.2) is 0 Å². The number of hydrogen-bond acceptors (Lipinski definition) is 5. The molecule has 0 aliphatic heterocycles. The predicted octanol–water partition coefficient (Wildman–Crippen LogP) is 2.67. The second-order valence-corrected chi connectivity index (χ2v) is 6.17. The normalized spacial score (nSPS) is 14.8. The Hall–Kier alpha value is -2.07. The number of rotatable bonds is 8. The lowest BCUT2D eigenvalue weighted by atomic mass is 9.89. The zero-order valence-electron chi connectivity index (χ0n) is 15.4. The Bertz CT molecular complexity index is 510. The van der Waals surface area contributed by atoms with E-state index in [4.69, 9.17) is 9.47 Å². The summed E-state index contributed by atoms with van der Waals surface area (Å²) >= 11 is 0. The molecule has 0 heterocycles. The van der Waals surface area contributed by atoms with Crippen molar-refractivity contribution in [1.82, 2.24) is 5.32 Å².